The van der Waals surface area contributed by atoms with Crippen LogP contribution in [0, 0.1) is 5.82 Å². The monoisotopic (exact) mass is 509 g/mol. The Bertz CT molecular complexity index is 1430. The zero-order chi connectivity index (χ0) is 24.9. The van der Waals surface area contributed by atoms with Gasteiger partial charge >= 0.3 is 0 Å². The molecular weight excluding hydrogens is 480 g/mol. The van der Waals surface area contributed by atoms with Crippen LogP contribution < -0.4 is 11.1 Å². The summed E-state index contributed by atoms with van der Waals surface area (Å²) in [6.45, 7) is 3.03. The van der Waals surface area contributed by atoms with E-state index in [9.17, 15) is 13.6 Å². The van der Waals surface area contributed by atoms with Gasteiger partial charge in [0.2, 0.25) is 0 Å². The van der Waals surface area contributed by atoms with Crippen molar-refractivity contribution < 1.29 is 13.6 Å². The molecule has 1 saturated heterocycles. The van der Waals surface area contributed by atoms with E-state index < -0.39 is 6.17 Å². The molecule has 2 aromatic heterocycles. The summed E-state index contributed by atoms with van der Waals surface area (Å²) in [6.07, 6.45) is 5.00. The number of nitrogens with two attached hydrogens (primary N) is 1. The lowest BCUT2D eigenvalue weighted by Crippen LogP contribution is -2.36. The predicted molar refractivity (Wildman–Crippen MR) is 139 cm³/mol. The smallest absolute Gasteiger partial charge is 0.251 e. The van der Waals surface area contributed by atoms with Gasteiger partial charge in [-0.1, -0.05) is 17.4 Å². The van der Waals surface area contributed by atoms with Crippen LogP contribution in [0.2, 0.25) is 0 Å². The molecule has 0 radical (unpaired) electrons. The number of piperidine rings is 1. The zero-order valence-electron chi connectivity index (χ0n) is 20.0. The lowest BCUT2D eigenvalue weighted by molar-refractivity contribution is 0.0950. The van der Waals surface area contributed by atoms with Crippen LogP contribution in [0.3, 0.4) is 0 Å². The first-order valence-corrected chi connectivity index (χ1v) is 13.4. The normalized spacial score (nSPS) is 18.2. The van der Waals surface area contributed by atoms with Gasteiger partial charge < -0.3 is 16.0 Å². The van der Waals surface area contributed by atoms with Gasteiger partial charge in [0.05, 0.1) is 15.9 Å². The van der Waals surface area contributed by atoms with Crippen molar-refractivity contribution in [2.75, 3.05) is 26.2 Å². The number of fused-ring (bicyclic) bond motifs is 3. The summed E-state index contributed by atoms with van der Waals surface area (Å²) in [5.74, 6) is -0.424. The second-order valence-electron chi connectivity index (χ2n) is 10.0. The number of halogens is 2. The molecule has 36 heavy (non-hydrogen) atoms. The van der Waals surface area contributed by atoms with Gasteiger partial charge in [0, 0.05) is 42.5 Å². The minimum absolute atomic E-state index is 0.110. The molecule has 1 saturated carbocycles. The number of nitrogens with zero attached hydrogens (tertiary/aromatic N) is 3. The lowest BCUT2D eigenvalue weighted by atomic mass is 10.0. The summed E-state index contributed by atoms with van der Waals surface area (Å²) in [5, 5.41) is 2.99. The maximum Gasteiger partial charge on any atom is 0.251 e. The average Bonchev–Trinajstić information content (AvgIpc) is 3.35. The van der Waals surface area contributed by atoms with E-state index in [4.69, 9.17) is 5.73 Å². The Balaban J connectivity index is 1.13. The molecule has 3 N–H and O–H groups in total. The molecular formula is C27H29F2N5OS. The first kappa shape index (κ1) is 23.5. The maximum absolute atomic E-state index is 14.9. The van der Waals surface area contributed by atoms with Crippen molar-refractivity contribution in [3.63, 3.8) is 0 Å². The first-order chi connectivity index (χ1) is 17.4. The van der Waals surface area contributed by atoms with Crippen LogP contribution in [0.1, 0.15) is 48.0 Å². The molecule has 2 aliphatic rings. The van der Waals surface area contributed by atoms with Crippen LogP contribution in [0.15, 0.2) is 42.6 Å². The van der Waals surface area contributed by atoms with Crippen molar-refractivity contribution in [2.24, 2.45) is 5.73 Å². The van der Waals surface area contributed by atoms with Gasteiger partial charge in [-0.2, -0.15) is 0 Å². The minimum atomic E-state index is -0.665. The number of hydrogen-bond acceptors (Lipinski definition) is 5. The molecule has 9 heteroatoms. The number of benzene rings is 2. The molecule has 1 aliphatic carbocycles. The minimum Gasteiger partial charge on any atom is -0.352 e. The van der Waals surface area contributed by atoms with E-state index in [0.717, 1.165) is 59.6 Å². The van der Waals surface area contributed by atoms with Crippen molar-refractivity contribution in [1.82, 2.24) is 19.6 Å². The van der Waals surface area contributed by atoms with Gasteiger partial charge in [-0.3, -0.25) is 9.20 Å². The third-order valence-electron chi connectivity index (χ3n) is 7.42. The molecule has 1 aliphatic heterocycles. The zero-order valence-corrected chi connectivity index (χ0v) is 20.8. The summed E-state index contributed by atoms with van der Waals surface area (Å²) < 4.78 is 31.0. The predicted octanol–water partition coefficient (Wildman–Crippen LogP) is 4.86. The quantitative estimate of drug-likeness (QED) is 0.349. The number of alkyl halides is 1. The van der Waals surface area contributed by atoms with E-state index in [2.05, 4.69) is 15.2 Å². The number of carbonyl (C=O) groups is 1. The van der Waals surface area contributed by atoms with Crippen LogP contribution >= 0.6 is 11.3 Å². The lowest BCUT2D eigenvalue weighted by Gasteiger charge is -2.28. The van der Waals surface area contributed by atoms with Gasteiger partial charge in [0.25, 0.3) is 5.91 Å². The molecule has 188 valence electrons. The average molecular weight is 510 g/mol. The number of nitrogens with one attached hydrogen (secondary N) is 1. The van der Waals surface area contributed by atoms with Gasteiger partial charge in [-0.25, -0.2) is 13.8 Å². The Morgan fingerprint density at radius 1 is 1.19 bits per heavy atom. The fourth-order valence-corrected chi connectivity index (χ4v) is 6.01. The third kappa shape index (κ3) is 4.51. The van der Waals surface area contributed by atoms with E-state index in [1.54, 1.807) is 12.1 Å². The van der Waals surface area contributed by atoms with Crippen LogP contribution in [0.4, 0.5) is 8.78 Å². The third-order valence-corrected chi connectivity index (χ3v) is 8.44. The highest BCUT2D eigenvalue weighted by atomic mass is 32.1. The Kier molecular flexibility index (Phi) is 6.02. The van der Waals surface area contributed by atoms with Gasteiger partial charge in [-0.05, 0) is 74.5 Å². The highest BCUT2D eigenvalue weighted by molar-refractivity contribution is 7.23. The van der Waals surface area contributed by atoms with Crippen molar-refractivity contribution >= 4 is 32.4 Å². The van der Waals surface area contributed by atoms with E-state index in [1.165, 1.54) is 17.4 Å². The summed E-state index contributed by atoms with van der Waals surface area (Å²) in [5.41, 5.74) is 9.23. The molecule has 0 bridgehead atoms. The molecule has 6 nitrogen and oxygen atoms in total. The molecule has 2 fully saturated rings. The SMILES string of the molecule is NC1(c2ccc(-c3cn4c(n3)sc3cc(C(=O)NCCCN5CCC(F)CC5)ccc34)c(F)c2)CC1. The Hall–Kier alpha value is -2.88. The Labute approximate surface area is 212 Å². The highest BCUT2D eigenvalue weighted by Gasteiger charge is 2.40. The number of imidazole rings is 1. The van der Waals surface area contributed by atoms with E-state index in [-0.39, 0.29) is 17.3 Å². The number of carbonyl (C=O) groups excluding carboxylic acids is 1. The molecule has 6 rings (SSSR count). The molecule has 0 unspecified atom stereocenters. The largest absolute Gasteiger partial charge is 0.352 e. The van der Waals surface area contributed by atoms with Gasteiger partial charge in [0.1, 0.15) is 12.0 Å². The fourth-order valence-electron chi connectivity index (χ4n) is 4.96. The topological polar surface area (TPSA) is 75.7 Å². The van der Waals surface area contributed by atoms with Crippen LogP contribution in [-0.2, 0) is 5.54 Å². The molecule has 0 atom stereocenters. The van der Waals surface area contributed by atoms with Crippen molar-refractivity contribution in [3.8, 4) is 11.3 Å². The summed E-state index contributed by atoms with van der Waals surface area (Å²) >= 11 is 1.47. The Morgan fingerprint density at radius 3 is 2.75 bits per heavy atom. The number of thiazole rings is 1. The number of likely N-dealkylation sites (tertiary alicyclic amines) is 1. The number of aromatic nitrogens is 2. The summed E-state index contributed by atoms with van der Waals surface area (Å²) in [7, 11) is 0. The standard InChI is InChI=1S/C27H29F2N5OS/c28-19-6-12-33(13-7-19)11-1-10-31-25(35)17-2-5-23-24(14-17)36-26-32-22(16-34(23)26)20-4-3-18(15-21(20)29)27(30)8-9-27/h2-5,14-16,19H,1,6-13,30H2,(H,31,35). The maximum atomic E-state index is 14.9. The molecule has 0 spiro atoms. The van der Waals surface area contributed by atoms with E-state index in [0.29, 0.717) is 36.2 Å². The van der Waals surface area contributed by atoms with Crippen LogP contribution in [0.25, 0.3) is 26.4 Å². The molecule has 1 amide bonds. The fraction of sp³-hybridized carbons (Fsp3) is 0.407. The number of rotatable bonds is 7. The van der Waals surface area contributed by atoms with Gasteiger partial charge in [0.15, 0.2) is 4.96 Å². The van der Waals surface area contributed by atoms with Crippen molar-refractivity contribution in [3.05, 3.63) is 59.5 Å². The first-order valence-electron chi connectivity index (χ1n) is 12.6. The summed E-state index contributed by atoms with van der Waals surface area (Å²) in [6, 6.07) is 10.8. The van der Waals surface area contributed by atoms with Gasteiger partial charge in [-0.15, -0.1) is 0 Å². The van der Waals surface area contributed by atoms with Crippen LogP contribution in [-0.4, -0.2) is 52.5 Å². The van der Waals surface area contributed by atoms with Crippen molar-refractivity contribution in [1.29, 1.82) is 0 Å². The molecule has 4 aromatic rings. The second-order valence-corrected chi connectivity index (χ2v) is 11.0. The molecule has 2 aromatic carbocycles. The number of hydrogen-bond donors (Lipinski definition) is 2. The number of amides is 1. The van der Waals surface area contributed by atoms with Crippen molar-refractivity contribution in [2.45, 2.75) is 43.8 Å². The second kappa shape index (κ2) is 9.21. The molecule has 3 heterocycles. The van der Waals surface area contributed by atoms with E-state index in [1.807, 2.05) is 28.8 Å². The van der Waals surface area contributed by atoms with E-state index >= 15 is 0 Å². The summed E-state index contributed by atoms with van der Waals surface area (Å²) in [4.78, 5) is 20.3. The van der Waals surface area contributed by atoms with Crippen LogP contribution in [0.5, 0.6) is 0 Å². The Morgan fingerprint density at radius 2 is 2.00 bits per heavy atom. The highest BCUT2D eigenvalue weighted by Crippen LogP contribution is 2.43.